The molecule has 9 heteroatoms. The zero-order valence-corrected chi connectivity index (χ0v) is 15.4. The molecule has 0 bridgehead atoms. The molecule has 0 saturated carbocycles. The normalized spacial score (nSPS) is 10.9. The molecule has 0 aliphatic rings. The number of nitrogens with one attached hydrogen (secondary N) is 1. The van der Waals surface area contributed by atoms with Gasteiger partial charge in [-0.1, -0.05) is 24.3 Å². The first-order valence-corrected chi connectivity index (χ1v) is 8.55. The summed E-state index contributed by atoms with van der Waals surface area (Å²) in [6.07, 6.45) is 2.59. The summed E-state index contributed by atoms with van der Waals surface area (Å²) in [5.41, 5.74) is -0.0296. The standard InChI is InChI=1S/C20H17N3O6/c1-21-20(26)19-17(22(27)15-4-2-3-5-16(15)23(19)28)12-29-18(25)11-8-13-6-9-14(24)10-7-13/h2-11,24H,12H2,1H3,(H,21,26)/b11-8+. The van der Waals surface area contributed by atoms with Crippen molar-refractivity contribution >= 4 is 29.0 Å². The highest BCUT2D eigenvalue weighted by molar-refractivity contribution is 5.93. The fraction of sp³-hybridized carbons (Fsp3) is 0.100. The SMILES string of the molecule is CNC(=O)c1c(COC(=O)/C=C/c2ccc(O)cc2)n([O-])c2ccccc2[n+]1=O. The zero-order valence-electron chi connectivity index (χ0n) is 15.4. The molecular weight excluding hydrogens is 378 g/mol. The van der Waals surface area contributed by atoms with Crippen molar-refractivity contribution in [1.82, 2.24) is 10.0 Å². The number of hydrogen-bond acceptors (Lipinski definition) is 6. The van der Waals surface area contributed by atoms with Crippen LogP contribution in [0.25, 0.3) is 17.1 Å². The Hall–Kier alpha value is -4.14. The Labute approximate surface area is 164 Å². The van der Waals surface area contributed by atoms with Gasteiger partial charge in [-0.25, -0.2) is 4.79 Å². The van der Waals surface area contributed by atoms with Gasteiger partial charge in [-0.2, -0.15) is 0 Å². The van der Waals surface area contributed by atoms with Crippen LogP contribution in [0.15, 0.2) is 54.6 Å². The van der Waals surface area contributed by atoms with E-state index in [0.29, 0.717) is 14.7 Å². The molecule has 2 aromatic carbocycles. The lowest BCUT2D eigenvalue weighted by Crippen LogP contribution is -2.36. The van der Waals surface area contributed by atoms with Crippen LogP contribution in [-0.2, 0) is 16.1 Å². The summed E-state index contributed by atoms with van der Waals surface area (Å²) in [5.74, 6) is -1.46. The summed E-state index contributed by atoms with van der Waals surface area (Å²) in [6.45, 7) is -0.571. The van der Waals surface area contributed by atoms with Crippen LogP contribution in [0.5, 0.6) is 5.75 Å². The van der Waals surface area contributed by atoms with Gasteiger partial charge in [0.05, 0.1) is 4.43 Å². The molecule has 0 spiro atoms. The molecule has 1 heterocycles. The van der Waals surface area contributed by atoms with Crippen molar-refractivity contribution in [2.24, 2.45) is 0 Å². The number of carbonyl (C=O) groups excluding carboxylic acids is 2. The lowest BCUT2D eigenvalue weighted by Gasteiger charge is -2.18. The van der Waals surface area contributed by atoms with Crippen molar-refractivity contribution in [2.75, 3.05) is 7.05 Å². The maximum atomic E-state index is 12.7. The van der Waals surface area contributed by atoms with Crippen molar-refractivity contribution in [3.8, 4) is 5.75 Å². The van der Waals surface area contributed by atoms with Crippen LogP contribution in [0.1, 0.15) is 21.7 Å². The van der Waals surface area contributed by atoms with Crippen LogP contribution < -0.4 is 9.74 Å². The quantitative estimate of drug-likeness (QED) is 0.385. The van der Waals surface area contributed by atoms with Gasteiger partial charge in [-0.05, 0) is 29.8 Å². The number of aromatic hydroxyl groups is 1. The highest BCUT2D eigenvalue weighted by Gasteiger charge is 2.28. The van der Waals surface area contributed by atoms with Crippen LogP contribution in [0.4, 0.5) is 0 Å². The highest BCUT2D eigenvalue weighted by atomic mass is 16.5. The minimum Gasteiger partial charge on any atom is -0.805 e. The summed E-state index contributed by atoms with van der Waals surface area (Å²) >= 11 is 0. The summed E-state index contributed by atoms with van der Waals surface area (Å²) in [7, 11) is 1.32. The molecule has 3 aromatic rings. The number of carbonyl (C=O) groups is 2. The number of para-hydroxylation sites is 2. The van der Waals surface area contributed by atoms with Crippen LogP contribution >= 0.6 is 0 Å². The monoisotopic (exact) mass is 395 g/mol. The number of hydrogen-bond donors (Lipinski definition) is 2. The Morgan fingerprint density at radius 3 is 2.59 bits per heavy atom. The summed E-state index contributed by atoms with van der Waals surface area (Å²) in [6, 6.07) is 12.1. The molecule has 2 N–H and O–H groups in total. The molecule has 1 amide bonds. The molecule has 0 saturated heterocycles. The molecule has 1 aromatic heterocycles. The van der Waals surface area contributed by atoms with Gasteiger partial charge in [0, 0.05) is 24.1 Å². The second-order valence-electron chi connectivity index (χ2n) is 5.98. The highest BCUT2D eigenvalue weighted by Crippen LogP contribution is 2.16. The maximum Gasteiger partial charge on any atom is 0.350 e. The minimum absolute atomic E-state index is 0.0170. The van der Waals surface area contributed by atoms with Crippen LogP contribution in [0, 0.1) is 10.1 Å². The molecule has 148 valence electrons. The third-order valence-corrected chi connectivity index (χ3v) is 4.14. The number of benzene rings is 2. The first-order valence-electron chi connectivity index (χ1n) is 8.55. The van der Waals surface area contributed by atoms with Gasteiger partial charge < -0.3 is 25.1 Å². The van der Waals surface area contributed by atoms with Crippen molar-refractivity contribution in [2.45, 2.75) is 6.61 Å². The van der Waals surface area contributed by atoms with Gasteiger partial charge in [0.2, 0.25) is 0 Å². The maximum absolute atomic E-state index is 12.7. The Morgan fingerprint density at radius 1 is 1.21 bits per heavy atom. The number of amides is 1. The Morgan fingerprint density at radius 2 is 1.90 bits per heavy atom. The lowest BCUT2D eigenvalue weighted by molar-refractivity contribution is -0.468. The lowest BCUT2D eigenvalue weighted by atomic mass is 10.2. The van der Waals surface area contributed by atoms with Gasteiger partial charge in [-0.3, -0.25) is 4.79 Å². The molecule has 29 heavy (non-hydrogen) atoms. The first kappa shape index (κ1) is 19.6. The van der Waals surface area contributed by atoms with Gasteiger partial charge >= 0.3 is 17.6 Å². The molecule has 0 radical (unpaired) electrons. The van der Waals surface area contributed by atoms with E-state index in [0.717, 1.165) is 6.08 Å². The number of aromatic nitrogens is 2. The van der Waals surface area contributed by atoms with Crippen LogP contribution in [0.2, 0.25) is 0 Å². The molecule has 3 rings (SSSR count). The van der Waals surface area contributed by atoms with E-state index < -0.39 is 24.2 Å². The van der Waals surface area contributed by atoms with Gasteiger partial charge in [0.1, 0.15) is 23.6 Å². The molecule has 0 aliphatic carbocycles. The Balaban J connectivity index is 1.90. The van der Waals surface area contributed by atoms with E-state index in [1.54, 1.807) is 24.3 Å². The van der Waals surface area contributed by atoms with E-state index in [1.807, 2.05) is 0 Å². The number of phenolic OH excluding ortho intramolecular Hbond substituents is 1. The fourth-order valence-corrected chi connectivity index (χ4v) is 2.69. The molecule has 0 unspecified atom stereocenters. The minimum atomic E-state index is -0.777. The Kier molecular flexibility index (Phi) is 5.59. The predicted octanol–water partition coefficient (Wildman–Crippen LogP) is 1.72. The molecule has 0 aliphatic heterocycles. The number of phenols is 1. The van der Waals surface area contributed by atoms with E-state index in [2.05, 4.69) is 5.32 Å². The second-order valence-corrected chi connectivity index (χ2v) is 5.98. The third kappa shape index (κ3) is 4.08. The average Bonchev–Trinajstić information content (AvgIpc) is 2.74. The topological polar surface area (TPSA) is 127 Å². The van der Waals surface area contributed by atoms with E-state index >= 15 is 0 Å². The van der Waals surface area contributed by atoms with Gasteiger partial charge in [0.25, 0.3) is 5.52 Å². The fourth-order valence-electron chi connectivity index (χ4n) is 2.69. The number of nitrogens with zero attached hydrogens (tertiary/aromatic N) is 2. The van der Waals surface area contributed by atoms with Crippen molar-refractivity contribution < 1.29 is 23.9 Å². The third-order valence-electron chi connectivity index (χ3n) is 4.14. The van der Waals surface area contributed by atoms with E-state index in [9.17, 15) is 24.8 Å². The first-order chi connectivity index (χ1) is 13.9. The van der Waals surface area contributed by atoms with E-state index in [1.165, 1.54) is 37.4 Å². The van der Waals surface area contributed by atoms with E-state index in [4.69, 9.17) is 4.74 Å². The zero-order chi connectivity index (χ0) is 21.0. The summed E-state index contributed by atoms with van der Waals surface area (Å²) < 4.78 is 5.82. The predicted molar refractivity (Wildman–Crippen MR) is 104 cm³/mol. The molecule has 9 nitrogen and oxygen atoms in total. The number of esters is 1. The van der Waals surface area contributed by atoms with Crippen LogP contribution in [0.3, 0.4) is 0 Å². The van der Waals surface area contributed by atoms with Crippen molar-refractivity contribution in [3.63, 3.8) is 0 Å². The molecule has 0 atom stereocenters. The Bertz CT molecular complexity index is 1170. The molecule has 0 fully saturated rings. The number of fused-ring (bicyclic) bond motifs is 1. The number of rotatable bonds is 5. The summed E-state index contributed by atoms with van der Waals surface area (Å²) in [4.78, 5) is 36.8. The smallest absolute Gasteiger partial charge is 0.350 e. The average molecular weight is 395 g/mol. The number of ether oxygens (including phenoxy) is 1. The van der Waals surface area contributed by atoms with Crippen molar-refractivity contribution in [3.05, 3.63) is 81.7 Å². The molecular formula is C20H17N3O6. The van der Waals surface area contributed by atoms with Crippen molar-refractivity contribution in [1.29, 1.82) is 0 Å². The van der Waals surface area contributed by atoms with E-state index in [-0.39, 0.29) is 22.5 Å². The summed E-state index contributed by atoms with van der Waals surface area (Å²) in [5, 5.41) is 24.3. The van der Waals surface area contributed by atoms with Gasteiger partial charge in [-0.15, -0.1) is 0 Å². The van der Waals surface area contributed by atoms with Crippen LogP contribution in [-0.4, -0.2) is 28.8 Å². The largest absolute Gasteiger partial charge is 0.805 e. The second kappa shape index (κ2) is 8.26. The van der Waals surface area contributed by atoms with Gasteiger partial charge in [0.15, 0.2) is 0 Å².